The van der Waals surface area contributed by atoms with Crippen LogP contribution in [0.2, 0.25) is 0 Å². The Hall–Kier alpha value is -1.37. The molecule has 0 spiro atoms. The van der Waals surface area contributed by atoms with Crippen LogP contribution in [0.25, 0.3) is 5.57 Å². The Morgan fingerprint density at radius 1 is 1.57 bits per heavy atom. The second kappa shape index (κ2) is 4.75. The van der Waals surface area contributed by atoms with Crippen molar-refractivity contribution in [2.24, 2.45) is 0 Å². The molecule has 0 aromatic heterocycles. The summed E-state index contributed by atoms with van der Waals surface area (Å²) in [4.78, 5) is 10.4. The van der Waals surface area contributed by atoms with Crippen LogP contribution in [0.15, 0.2) is 30.8 Å². The van der Waals surface area contributed by atoms with Gasteiger partial charge in [0.25, 0.3) is 0 Å². The first-order chi connectivity index (χ1) is 6.65. The SMILES string of the molecule is C=C(C)c1cccc(C(C)CC=O)c1. The van der Waals surface area contributed by atoms with E-state index in [0.29, 0.717) is 12.3 Å². The molecule has 1 unspecified atom stereocenters. The molecule has 0 saturated carbocycles. The largest absolute Gasteiger partial charge is 0.303 e. The Morgan fingerprint density at radius 2 is 2.29 bits per heavy atom. The number of allylic oxidation sites excluding steroid dienone is 1. The standard InChI is InChI=1S/C13H16O/c1-10(2)12-5-4-6-13(9-12)11(3)7-8-14/h4-6,8-9,11H,1,7H2,2-3H3. The zero-order chi connectivity index (χ0) is 10.6. The monoisotopic (exact) mass is 188 g/mol. The maximum atomic E-state index is 10.4. The zero-order valence-corrected chi connectivity index (χ0v) is 8.79. The number of hydrogen-bond acceptors (Lipinski definition) is 1. The van der Waals surface area contributed by atoms with Gasteiger partial charge in [-0.25, -0.2) is 0 Å². The molecule has 0 heterocycles. The smallest absolute Gasteiger partial charge is 0.120 e. The van der Waals surface area contributed by atoms with Crippen LogP contribution in [-0.2, 0) is 4.79 Å². The van der Waals surface area contributed by atoms with Crippen molar-refractivity contribution in [3.05, 3.63) is 42.0 Å². The van der Waals surface area contributed by atoms with E-state index in [1.807, 2.05) is 19.1 Å². The molecule has 0 aliphatic rings. The van der Waals surface area contributed by atoms with Crippen molar-refractivity contribution in [1.82, 2.24) is 0 Å². The van der Waals surface area contributed by atoms with Crippen LogP contribution in [0.1, 0.15) is 37.3 Å². The molecular formula is C13H16O. The van der Waals surface area contributed by atoms with E-state index in [-0.39, 0.29) is 0 Å². The lowest BCUT2D eigenvalue weighted by atomic mass is 9.95. The highest BCUT2D eigenvalue weighted by Crippen LogP contribution is 2.21. The summed E-state index contributed by atoms with van der Waals surface area (Å²) in [7, 11) is 0. The van der Waals surface area contributed by atoms with Gasteiger partial charge in [0.05, 0.1) is 0 Å². The molecule has 1 aromatic carbocycles. The molecule has 1 heteroatoms. The minimum absolute atomic E-state index is 0.298. The van der Waals surface area contributed by atoms with Crippen molar-refractivity contribution < 1.29 is 4.79 Å². The van der Waals surface area contributed by atoms with Gasteiger partial charge in [0.2, 0.25) is 0 Å². The summed E-state index contributed by atoms with van der Waals surface area (Å²) in [6.07, 6.45) is 1.55. The molecule has 0 fully saturated rings. The van der Waals surface area contributed by atoms with E-state index in [2.05, 4.69) is 25.6 Å². The van der Waals surface area contributed by atoms with Gasteiger partial charge in [0, 0.05) is 6.42 Å². The maximum Gasteiger partial charge on any atom is 0.120 e. The summed E-state index contributed by atoms with van der Waals surface area (Å²) in [5.41, 5.74) is 3.42. The molecule has 1 nitrogen and oxygen atoms in total. The predicted molar refractivity (Wildman–Crippen MR) is 60.2 cm³/mol. The molecule has 74 valence electrons. The highest BCUT2D eigenvalue weighted by Gasteiger charge is 2.05. The van der Waals surface area contributed by atoms with Gasteiger partial charge in [-0.05, 0) is 24.0 Å². The Kier molecular flexibility index (Phi) is 3.63. The van der Waals surface area contributed by atoms with E-state index in [1.54, 1.807) is 0 Å². The number of carbonyl (C=O) groups is 1. The Labute approximate surface area is 85.5 Å². The molecule has 0 bridgehead atoms. The van der Waals surface area contributed by atoms with Gasteiger partial charge in [-0.3, -0.25) is 0 Å². The van der Waals surface area contributed by atoms with Gasteiger partial charge in [-0.15, -0.1) is 0 Å². The first-order valence-electron chi connectivity index (χ1n) is 4.84. The summed E-state index contributed by atoms with van der Waals surface area (Å²) in [6, 6.07) is 8.22. The molecule has 0 amide bonds. The van der Waals surface area contributed by atoms with Gasteiger partial charge in [-0.2, -0.15) is 0 Å². The van der Waals surface area contributed by atoms with Gasteiger partial charge in [0.15, 0.2) is 0 Å². The third-order valence-electron chi connectivity index (χ3n) is 2.40. The fraction of sp³-hybridized carbons (Fsp3) is 0.308. The van der Waals surface area contributed by atoms with Crippen LogP contribution in [-0.4, -0.2) is 6.29 Å². The van der Waals surface area contributed by atoms with E-state index < -0.39 is 0 Å². The average molecular weight is 188 g/mol. The van der Waals surface area contributed by atoms with Crippen molar-refractivity contribution >= 4 is 11.9 Å². The predicted octanol–water partition coefficient (Wildman–Crippen LogP) is 3.41. The number of hydrogen-bond donors (Lipinski definition) is 0. The lowest BCUT2D eigenvalue weighted by molar-refractivity contribution is -0.108. The minimum Gasteiger partial charge on any atom is -0.303 e. The van der Waals surface area contributed by atoms with Crippen molar-refractivity contribution in [3.63, 3.8) is 0 Å². The molecule has 0 radical (unpaired) electrons. The molecule has 1 aromatic rings. The van der Waals surface area contributed by atoms with Gasteiger partial charge < -0.3 is 4.79 Å². The van der Waals surface area contributed by atoms with Gasteiger partial charge >= 0.3 is 0 Å². The summed E-state index contributed by atoms with van der Waals surface area (Å²) in [5, 5.41) is 0. The van der Waals surface area contributed by atoms with E-state index in [0.717, 1.165) is 17.4 Å². The molecule has 0 aliphatic carbocycles. The Balaban J connectivity index is 2.93. The molecule has 14 heavy (non-hydrogen) atoms. The summed E-state index contributed by atoms with van der Waals surface area (Å²) in [5.74, 6) is 0.298. The first kappa shape index (κ1) is 10.7. The Bertz CT molecular complexity index is 339. The van der Waals surface area contributed by atoms with E-state index in [9.17, 15) is 4.79 Å². The summed E-state index contributed by atoms with van der Waals surface area (Å²) in [6.45, 7) is 7.95. The van der Waals surface area contributed by atoms with E-state index in [1.165, 1.54) is 5.56 Å². The van der Waals surface area contributed by atoms with E-state index >= 15 is 0 Å². The quantitative estimate of drug-likeness (QED) is 0.662. The van der Waals surface area contributed by atoms with Crippen molar-refractivity contribution in [2.75, 3.05) is 0 Å². The Morgan fingerprint density at radius 3 is 2.86 bits per heavy atom. The molecule has 0 N–H and O–H groups in total. The second-order valence-electron chi connectivity index (χ2n) is 3.71. The molecule has 1 rings (SSSR count). The summed E-state index contributed by atoms with van der Waals surface area (Å²) < 4.78 is 0. The van der Waals surface area contributed by atoms with E-state index in [4.69, 9.17) is 0 Å². The molecule has 1 atom stereocenters. The zero-order valence-electron chi connectivity index (χ0n) is 8.79. The lowest BCUT2D eigenvalue weighted by Gasteiger charge is -2.09. The van der Waals surface area contributed by atoms with Crippen LogP contribution in [0.4, 0.5) is 0 Å². The highest BCUT2D eigenvalue weighted by atomic mass is 16.1. The van der Waals surface area contributed by atoms with Crippen LogP contribution in [0.3, 0.4) is 0 Å². The normalized spacial score (nSPS) is 12.1. The maximum absolute atomic E-state index is 10.4. The molecular weight excluding hydrogens is 172 g/mol. The fourth-order valence-corrected chi connectivity index (χ4v) is 1.39. The van der Waals surface area contributed by atoms with Gasteiger partial charge in [0.1, 0.15) is 6.29 Å². The van der Waals surface area contributed by atoms with Crippen LogP contribution >= 0.6 is 0 Å². The van der Waals surface area contributed by atoms with Crippen LogP contribution in [0.5, 0.6) is 0 Å². The van der Waals surface area contributed by atoms with Crippen molar-refractivity contribution in [2.45, 2.75) is 26.2 Å². The number of carbonyl (C=O) groups excluding carboxylic acids is 1. The molecule has 0 saturated heterocycles. The third-order valence-corrected chi connectivity index (χ3v) is 2.40. The second-order valence-corrected chi connectivity index (χ2v) is 3.71. The first-order valence-corrected chi connectivity index (χ1v) is 4.84. The van der Waals surface area contributed by atoms with Crippen molar-refractivity contribution in [1.29, 1.82) is 0 Å². The number of aldehydes is 1. The summed E-state index contributed by atoms with van der Waals surface area (Å²) >= 11 is 0. The minimum atomic E-state index is 0.298. The average Bonchev–Trinajstić information content (AvgIpc) is 2.18. The van der Waals surface area contributed by atoms with Gasteiger partial charge in [-0.1, -0.05) is 43.3 Å². The number of benzene rings is 1. The topological polar surface area (TPSA) is 17.1 Å². The fourth-order valence-electron chi connectivity index (χ4n) is 1.39. The molecule has 0 aliphatic heterocycles. The number of rotatable bonds is 4. The van der Waals surface area contributed by atoms with Crippen LogP contribution in [0, 0.1) is 0 Å². The third kappa shape index (κ3) is 2.56. The highest BCUT2D eigenvalue weighted by molar-refractivity contribution is 5.62. The van der Waals surface area contributed by atoms with Crippen molar-refractivity contribution in [3.8, 4) is 0 Å². The van der Waals surface area contributed by atoms with Crippen LogP contribution < -0.4 is 0 Å². The lowest BCUT2D eigenvalue weighted by Crippen LogP contribution is -1.94.